The Bertz CT molecular complexity index is 270. The summed E-state index contributed by atoms with van der Waals surface area (Å²) >= 11 is 0. The summed E-state index contributed by atoms with van der Waals surface area (Å²) in [5.74, 6) is -5.01. The number of carbonyl (C=O) groups is 1. The molecule has 0 saturated heterocycles. The standard InChI is InChI=1S/C10H15F5O2/c1-4-8(2,3)7(16)17-6-9(11,12)5-10(13,14)15/h4-6H2,1-3H3. The van der Waals surface area contributed by atoms with Gasteiger partial charge in [0.2, 0.25) is 0 Å². The minimum Gasteiger partial charge on any atom is -0.459 e. The number of ether oxygens (including phenoxy) is 1. The summed E-state index contributed by atoms with van der Waals surface area (Å²) in [6.45, 7) is 3.04. The maximum Gasteiger partial charge on any atom is 0.394 e. The highest BCUT2D eigenvalue weighted by atomic mass is 19.4. The van der Waals surface area contributed by atoms with Crippen LogP contribution in [0.15, 0.2) is 0 Å². The molecule has 0 fully saturated rings. The largest absolute Gasteiger partial charge is 0.459 e. The van der Waals surface area contributed by atoms with Crippen LogP contribution < -0.4 is 0 Å². The summed E-state index contributed by atoms with van der Waals surface area (Å²) in [6, 6.07) is 0. The van der Waals surface area contributed by atoms with Gasteiger partial charge in [0.1, 0.15) is 6.42 Å². The van der Waals surface area contributed by atoms with Gasteiger partial charge in [0.25, 0.3) is 5.92 Å². The highest BCUT2D eigenvalue weighted by Crippen LogP contribution is 2.32. The van der Waals surface area contributed by atoms with Gasteiger partial charge in [0.05, 0.1) is 5.41 Å². The smallest absolute Gasteiger partial charge is 0.394 e. The predicted octanol–water partition coefficient (Wildman–Crippen LogP) is 3.55. The van der Waals surface area contributed by atoms with Gasteiger partial charge < -0.3 is 4.74 Å². The molecule has 0 aromatic rings. The van der Waals surface area contributed by atoms with Crippen molar-refractivity contribution in [3.63, 3.8) is 0 Å². The molecule has 0 aromatic carbocycles. The van der Waals surface area contributed by atoms with E-state index in [1.807, 2.05) is 0 Å². The van der Waals surface area contributed by atoms with Crippen molar-refractivity contribution in [1.29, 1.82) is 0 Å². The molecule has 102 valence electrons. The highest BCUT2D eigenvalue weighted by Gasteiger charge is 2.45. The average Bonchev–Trinajstić information content (AvgIpc) is 2.10. The van der Waals surface area contributed by atoms with E-state index >= 15 is 0 Å². The van der Waals surface area contributed by atoms with E-state index in [1.54, 1.807) is 6.92 Å². The molecule has 0 aromatic heterocycles. The third-order valence-corrected chi connectivity index (χ3v) is 2.31. The van der Waals surface area contributed by atoms with Gasteiger partial charge in [-0.3, -0.25) is 4.79 Å². The topological polar surface area (TPSA) is 26.3 Å². The van der Waals surface area contributed by atoms with Crippen LogP contribution in [0.4, 0.5) is 22.0 Å². The van der Waals surface area contributed by atoms with Gasteiger partial charge in [-0.25, -0.2) is 8.78 Å². The van der Waals surface area contributed by atoms with Crippen LogP contribution in [0.2, 0.25) is 0 Å². The van der Waals surface area contributed by atoms with E-state index in [0.29, 0.717) is 6.42 Å². The van der Waals surface area contributed by atoms with Crippen molar-refractivity contribution in [1.82, 2.24) is 0 Å². The first kappa shape index (κ1) is 16.1. The zero-order valence-corrected chi connectivity index (χ0v) is 9.83. The Hall–Kier alpha value is -0.880. The van der Waals surface area contributed by atoms with Crippen molar-refractivity contribution in [3.8, 4) is 0 Å². The van der Waals surface area contributed by atoms with Gasteiger partial charge in [-0.15, -0.1) is 0 Å². The fraction of sp³-hybridized carbons (Fsp3) is 0.900. The van der Waals surface area contributed by atoms with Crippen molar-refractivity contribution in [2.75, 3.05) is 6.61 Å². The number of halogens is 5. The Morgan fingerprint density at radius 1 is 1.12 bits per heavy atom. The Labute approximate surface area is 96.1 Å². The maximum absolute atomic E-state index is 12.8. The van der Waals surface area contributed by atoms with Crippen molar-refractivity contribution in [3.05, 3.63) is 0 Å². The molecule has 0 bridgehead atoms. The van der Waals surface area contributed by atoms with Gasteiger partial charge in [0, 0.05) is 0 Å². The third kappa shape index (κ3) is 6.43. The van der Waals surface area contributed by atoms with Crippen LogP contribution in [0, 0.1) is 5.41 Å². The lowest BCUT2D eigenvalue weighted by Crippen LogP contribution is -2.35. The minimum absolute atomic E-state index is 0.344. The lowest BCUT2D eigenvalue weighted by Gasteiger charge is -2.23. The molecule has 0 saturated carbocycles. The Balaban J connectivity index is 4.33. The predicted molar refractivity (Wildman–Crippen MR) is 50.7 cm³/mol. The first-order valence-electron chi connectivity index (χ1n) is 5.01. The quantitative estimate of drug-likeness (QED) is 0.559. The molecule has 0 aliphatic carbocycles. The Kier molecular flexibility index (Phi) is 4.91. The van der Waals surface area contributed by atoms with E-state index < -0.39 is 36.5 Å². The fourth-order valence-corrected chi connectivity index (χ4v) is 0.855. The van der Waals surface area contributed by atoms with Crippen LogP contribution in [0.1, 0.15) is 33.6 Å². The summed E-state index contributed by atoms with van der Waals surface area (Å²) in [5, 5.41) is 0. The average molecular weight is 262 g/mol. The molecule has 7 heteroatoms. The van der Waals surface area contributed by atoms with Crippen molar-refractivity contribution < 1.29 is 31.5 Å². The zero-order chi connectivity index (χ0) is 13.9. The van der Waals surface area contributed by atoms with Crippen LogP contribution in [-0.4, -0.2) is 24.7 Å². The molecule has 17 heavy (non-hydrogen) atoms. The molecular weight excluding hydrogens is 247 g/mol. The van der Waals surface area contributed by atoms with Gasteiger partial charge in [0.15, 0.2) is 6.61 Å². The lowest BCUT2D eigenvalue weighted by atomic mass is 9.91. The van der Waals surface area contributed by atoms with Gasteiger partial charge in [-0.2, -0.15) is 13.2 Å². The fourth-order valence-electron chi connectivity index (χ4n) is 0.855. The van der Waals surface area contributed by atoms with Gasteiger partial charge in [-0.1, -0.05) is 6.92 Å². The van der Waals surface area contributed by atoms with E-state index in [2.05, 4.69) is 4.74 Å². The molecule has 0 rings (SSSR count). The highest BCUT2D eigenvalue weighted by molar-refractivity contribution is 5.75. The second kappa shape index (κ2) is 5.18. The maximum atomic E-state index is 12.8. The van der Waals surface area contributed by atoms with E-state index in [-0.39, 0.29) is 0 Å². The van der Waals surface area contributed by atoms with Crippen LogP contribution in [0.3, 0.4) is 0 Å². The normalized spacial score (nSPS) is 13.6. The molecule has 0 spiro atoms. The van der Waals surface area contributed by atoms with Gasteiger partial charge >= 0.3 is 12.1 Å². The SMILES string of the molecule is CCC(C)(C)C(=O)OCC(F)(F)CC(F)(F)F. The number of alkyl halides is 5. The van der Waals surface area contributed by atoms with Crippen molar-refractivity contribution >= 4 is 5.97 Å². The second-order valence-electron chi connectivity index (χ2n) is 4.46. The minimum atomic E-state index is -4.99. The molecular formula is C10H15F5O2. The molecule has 0 unspecified atom stereocenters. The molecule has 0 radical (unpaired) electrons. The third-order valence-electron chi connectivity index (χ3n) is 2.31. The molecule has 2 nitrogen and oxygen atoms in total. The molecule has 0 amide bonds. The molecule has 0 N–H and O–H groups in total. The van der Waals surface area contributed by atoms with E-state index in [0.717, 1.165) is 0 Å². The first-order chi connectivity index (χ1) is 7.40. The first-order valence-corrected chi connectivity index (χ1v) is 5.01. The van der Waals surface area contributed by atoms with E-state index in [1.165, 1.54) is 13.8 Å². The van der Waals surface area contributed by atoms with Crippen molar-refractivity contribution in [2.24, 2.45) is 5.41 Å². The van der Waals surface area contributed by atoms with Crippen LogP contribution in [-0.2, 0) is 9.53 Å². The number of esters is 1. The molecule has 0 heterocycles. The zero-order valence-electron chi connectivity index (χ0n) is 9.83. The van der Waals surface area contributed by atoms with Crippen LogP contribution >= 0.6 is 0 Å². The molecule has 0 aliphatic heterocycles. The van der Waals surface area contributed by atoms with E-state index in [4.69, 9.17) is 0 Å². The van der Waals surface area contributed by atoms with Crippen LogP contribution in [0.5, 0.6) is 0 Å². The van der Waals surface area contributed by atoms with Crippen molar-refractivity contribution in [2.45, 2.75) is 45.7 Å². The summed E-state index contributed by atoms with van der Waals surface area (Å²) in [7, 11) is 0. The summed E-state index contributed by atoms with van der Waals surface area (Å²) in [4.78, 5) is 11.3. The van der Waals surface area contributed by atoms with Gasteiger partial charge in [-0.05, 0) is 20.3 Å². The lowest BCUT2D eigenvalue weighted by molar-refractivity contribution is -0.206. The summed E-state index contributed by atoms with van der Waals surface area (Å²) < 4.78 is 65.0. The number of carbonyl (C=O) groups excluding carboxylic acids is 1. The second-order valence-corrected chi connectivity index (χ2v) is 4.46. The number of hydrogen-bond acceptors (Lipinski definition) is 2. The number of rotatable bonds is 5. The number of hydrogen-bond donors (Lipinski definition) is 0. The Morgan fingerprint density at radius 2 is 1.59 bits per heavy atom. The molecule has 0 atom stereocenters. The molecule has 0 aliphatic rings. The summed E-state index contributed by atoms with van der Waals surface area (Å²) in [6.07, 6.45) is -6.94. The van der Waals surface area contributed by atoms with E-state index in [9.17, 15) is 26.7 Å². The summed E-state index contributed by atoms with van der Waals surface area (Å²) in [5.41, 5.74) is -0.978. The Morgan fingerprint density at radius 3 is 1.94 bits per heavy atom. The van der Waals surface area contributed by atoms with Crippen LogP contribution in [0.25, 0.3) is 0 Å². The monoisotopic (exact) mass is 262 g/mol.